The van der Waals surface area contributed by atoms with Gasteiger partial charge in [-0.3, -0.25) is 4.55 Å². The highest BCUT2D eigenvalue weighted by Gasteiger charge is 2.27. The topological polar surface area (TPSA) is 74.6 Å². The molecule has 0 aromatic heterocycles. The lowest BCUT2D eigenvalue weighted by atomic mass is 9.93. The molecule has 0 spiro atoms. The predicted molar refractivity (Wildman–Crippen MR) is 96.6 cm³/mol. The first-order chi connectivity index (χ1) is 12.0. The van der Waals surface area contributed by atoms with E-state index in [0.29, 0.717) is 5.56 Å². The van der Waals surface area contributed by atoms with E-state index in [0.717, 1.165) is 23.1 Å². The minimum absolute atomic E-state index is 0.175. The van der Waals surface area contributed by atoms with Gasteiger partial charge >= 0.3 is 0 Å². The summed E-state index contributed by atoms with van der Waals surface area (Å²) in [4.78, 5) is 0. The second-order valence-corrected chi connectivity index (χ2v) is 7.60. The van der Waals surface area contributed by atoms with E-state index in [1.165, 1.54) is 17.2 Å². The molecule has 0 fully saturated rings. The van der Waals surface area contributed by atoms with Crippen molar-refractivity contribution in [1.29, 1.82) is 0 Å². The average Bonchev–Trinajstić information content (AvgIpc) is 2.99. The molecule has 0 saturated heterocycles. The summed E-state index contributed by atoms with van der Waals surface area (Å²) in [6.45, 7) is 0. The molecule has 0 aliphatic heterocycles. The molecule has 25 heavy (non-hydrogen) atoms. The van der Waals surface area contributed by atoms with E-state index < -0.39 is 15.6 Å². The number of rotatable bonds is 3. The maximum atomic E-state index is 11.4. The minimum Gasteiger partial charge on any atom is -0.371 e. The van der Waals surface area contributed by atoms with Crippen molar-refractivity contribution in [3.63, 3.8) is 0 Å². The summed E-state index contributed by atoms with van der Waals surface area (Å²) in [6, 6.07) is 20.8. The van der Waals surface area contributed by atoms with Crippen LogP contribution in [0.4, 0.5) is 0 Å². The summed E-state index contributed by atoms with van der Waals surface area (Å²) in [7, 11) is -4.60. The quantitative estimate of drug-likeness (QED) is 0.550. The second-order valence-electron chi connectivity index (χ2n) is 6.12. The van der Waals surface area contributed by atoms with Crippen LogP contribution in [0.15, 0.2) is 66.7 Å². The molecule has 0 amide bonds. The summed E-state index contributed by atoms with van der Waals surface area (Å²) in [5.41, 5.74) is 4.29. The summed E-state index contributed by atoms with van der Waals surface area (Å²) in [6.07, 6.45) is 0.748. The molecule has 4 nitrogen and oxygen atoms in total. The zero-order valence-electron chi connectivity index (χ0n) is 13.3. The van der Waals surface area contributed by atoms with Gasteiger partial charge in [-0.05, 0) is 39.8 Å². The van der Waals surface area contributed by atoms with Gasteiger partial charge in [-0.15, -0.1) is 0 Å². The van der Waals surface area contributed by atoms with Crippen LogP contribution in [0.1, 0.15) is 22.1 Å². The van der Waals surface area contributed by atoms with Crippen molar-refractivity contribution in [2.75, 3.05) is 0 Å². The molecule has 1 unspecified atom stereocenters. The third kappa shape index (κ3) is 2.66. The van der Waals surface area contributed by atoms with Gasteiger partial charge in [-0.25, -0.2) is 0 Å². The van der Waals surface area contributed by atoms with Gasteiger partial charge < -0.3 is 5.11 Å². The number of hydrogen-bond acceptors (Lipinski definition) is 3. The number of aliphatic hydroxyl groups excluding tert-OH is 1. The molecule has 0 saturated carbocycles. The van der Waals surface area contributed by atoms with Crippen LogP contribution in [0.3, 0.4) is 0 Å². The first-order valence-electron chi connectivity index (χ1n) is 7.90. The third-order valence-electron chi connectivity index (χ3n) is 4.65. The van der Waals surface area contributed by atoms with Gasteiger partial charge in [0, 0.05) is 5.56 Å². The maximum Gasteiger partial charge on any atom is 0.296 e. The zero-order valence-corrected chi connectivity index (χ0v) is 14.1. The van der Waals surface area contributed by atoms with Crippen molar-refractivity contribution in [3.05, 3.63) is 83.4 Å². The van der Waals surface area contributed by atoms with Crippen molar-refractivity contribution in [3.8, 4) is 22.3 Å². The molecule has 5 heteroatoms. The molecule has 2 N–H and O–H groups in total. The molecule has 0 heterocycles. The van der Waals surface area contributed by atoms with Crippen molar-refractivity contribution >= 4 is 10.1 Å². The van der Waals surface area contributed by atoms with Crippen LogP contribution in [0.2, 0.25) is 0 Å². The number of aliphatic hydroxyl groups is 1. The van der Waals surface area contributed by atoms with Gasteiger partial charge in [0.25, 0.3) is 10.1 Å². The summed E-state index contributed by atoms with van der Waals surface area (Å²) < 4.78 is 32.1. The molecule has 1 aliphatic carbocycles. The predicted octanol–water partition coefficient (Wildman–Crippen LogP) is 3.80. The first-order valence-corrected chi connectivity index (χ1v) is 9.41. The maximum absolute atomic E-state index is 11.4. The molecular formula is C20H16O4S. The van der Waals surface area contributed by atoms with Crippen LogP contribution in [0.5, 0.6) is 0 Å². The van der Waals surface area contributed by atoms with Crippen LogP contribution in [0.25, 0.3) is 22.3 Å². The minimum atomic E-state index is -4.60. The second kappa shape index (κ2) is 5.81. The molecule has 1 aliphatic rings. The van der Waals surface area contributed by atoms with E-state index in [4.69, 9.17) is 0 Å². The molecule has 4 rings (SSSR count). The fourth-order valence-electron chi connectivity index (χ4n) is 3.53. The molecule has 1 atom stereocenters. The molecule has 0 bridgehead atoms. The Morgan fingerprint density at radius 2 is 1.32 bits per heavy atom. The van der Waals surface area contributed by atoms with Gasteiger partial charge in [0.15, 0.2) is 0 Å². The zero-order chi connectivity index (χ0) is 17.6. The standard InChI is InChI=1S/C20H16O4S/c21-20(25(22,23)24)18-9-4-3-8-16(18)17-11-5-10-15-14-7-2-1-6-13(14)12-19(15)17/h1-11,20-21H,12H2,(H,22,23,24). The molecular weight excluding hydrogens is 336 g/mol. The smallest absolute Gasteiger partial charge is 0.296 e. The number of fused-ring (bicyclic) bond motifs is 3. The largest absolute Gasteiger partial charge is 0.371 e. The summed E-state index contributed by atoms with van der Waals surface area (Å²) >= 11 is 0. The Kier molecular flexibility index (Phi) is 3.72. The van der Waals surface area contributed by atoms with Crippen LogP contribution < -0.4 is 0 Å². The third-order valence-corrected chi connectivity index (χ3v) is 5.47. The number of hydrogen-bond donors (Lipinski definition) is 2. The highest BCUT2D eigenvalue weighted by atomic mass is 32.2. The normalized spacial score (nSPS) is 14.0. The Morgan fingerprint density at radius 1 is 0.760 bits per heavy atom. The van der Waals surface area contributed by atoms with E-state index in [1.807, 2.05) is 30.3 Å². The summed E-state index contributed by atoms with van der Waals surface area (Å²) in [5.74, 6) is 0. The Morgan fingerprint density at radius 3 is 2.04 bits per heavy atom. The monoisotopic (exact) mass is 352 g/mol. The molecule has 3 aromatic carbocycles. The average molecular weight is 352 g/mol. The van der Waals surface area contributed by atoms with E-state index in [1.54, 1.807) is 18.2 Å². The van der Waals surface area contributed by atoms with Gasteiger partial charge in [0.1, 0.15) is 0 Å². The van der Waals surface area contributed by atoms with Gasteiger partial charge in [0.2, 0.25) is 5.44 Å². The number of benzene rings is 3. The van der Waals surface area contributed by atoms with Gasteiger partial charge in [0.05, 0.1) is 0 Å². The lowest BCUT2D eigenvalue weighted by Gasteiger charge is -2.16. The Hall–Kier alpha value is -2.47. The Balaban J connectivity index is 1.92. The first kappa shape index (κ1) is 16.0. The summed E-state index contributed by atoms with van der Waals surface area (Å²) in [5, 5.41) is 10.1. The highest BCUT2D eigenvalue weighted by molar-refractivity contribution is 7.85. The van der Waals surface area contributed by atoms with Crippen LogP contribution in [-0.4, -0.2) is 18.1 Å². The fourth-order valence-corrected chi connectivity index (χ4v) is 4.05. The Labute approximate surface area is 146 Å². The van der Waals surface area contributed by atoms with Gasteiger partial charge in [-0.2, -0.15) is 8.42 Å². The molecule has 3 aromatic rings. The van der Waals surface area contributed by atoms with E-state index in [9.17, 15) is 18.1 Å². The fraction of sp³-hybridized carbons (Fsp3) is 0.100. The van der Waals surface area contributed by atoms with Crippen molar-refractivity contribution in [2.45, 2.75) is 11.9 Å². The molecule has 0 radical (unpaired) electrons. The Bertz CT molecular complexity index is 1070. The highest BCUT2D eigenvalue weighted by Crippen LogP contribution is 2.43. The van der Waals surface area contributed by atoms with Crippen molar-refractivity contribution in [2.24, 2.45) is 0 Å². The lowest BCUT2D eigenvalue weighted by molar-refractivity contribution is 0.239. The van der Waals surface area contributed by atoms with Crippen molar-refractivity contribution in [1.82, 2.24) is 0 Å². The van der Waals surface area contributed by atoms with E-state index >= 15 is 0 Å². The SMILES string of the molecule is O=S(=O)(O)C(O)c1ccccc1-c1cccc2c1Cc1ccccc1-2. The van der Waals surface area contributed by atoms with E-state index in [-0.39, 0.29) is 5.56 Å². The van der Waals surface area contributed by atoms with Crippen LogP contribution >= 0.6 is 0 Å². The lowest BCUT2D eigenvalue weighted by Crippen LogP contribution is -2.12. The van der Waals surface area contributed by atoms with Crippen molar-refractivity contribution < 1.29 is 18.1 Å². The molecule has 126 valence electrons. The van der Waals surface area contributed by atoms with Gasteiger partial charge in [-0.1, -0.05) is 66.7 Å². The van der Waals surface area contributed by atoms with E-state index in [2.05, 4.69) is 12.1 Å². The van der Waals surface area contributed by atoms with Crippen LogP contribution in [-0.2, 0) is 16.5 Å². The van der Waals surface area contributed by atoms with Crippen LogP contribution in [0, 0.1) is 0 Å².